The van der Waals surface area contributed by atoms with Crippen LogP contribution in [0.5, 0.6) is 5.75 Å². The molecule has 1 aromatic carbocycles. The molecule has 1 saturated carbocycles. The molecule has 3 rings (SSSR count). The summed E-state index contributed by atoms with van der Waals surface area (Å²) in [5, 5.41) is 3.17. The smallest absolute Gasteiger partial charge is 0.387 e. The summed E-state index contributed by atoms with van der Waals surface area (Å²) >= 11 is 0. The molecular weight excluding hydrogens is 362 g/mol. The topological polar surface area (TPSA) is 41.6 Å². The summed E-state index contributed by atoms with van der Waals surface area (Å²) in [6.45, 7) is -0.202. The van der Waals surface area contributed by atoms with E-state index in [-0.39, 0.29) is 35.9 Å². The lowest BCUT2D eigenvalue weighted by Crippen LogP contribution is -2.40. The SMILES string of the molecule is CNCCC1CCN(C(=O)C2CC2c2ccccc2OC(F)F)CC1.Cl. The maximum absolute atomic E-state index is 12.7. The van der Waals surface area contributed by atoms with Crippen LogP contribution in [0, 0.1) is 11.8 Å². The first-order valence-corrected chi connectivity index (χ1v) is 9.07. The van der Waals surface area contributed by atoms with Crippen molar-refractivity contribution in [2.45, 2.75) is 38.2 Å². The van der Waals surface area contributed by atoms with Gasteiger partial charge in [0.25, 0.3) is 0 Å². The van der Waals surface area contributed by atoms with E-state index < -0.39 is 6.61 Å². The molecule has 1 heterocycles. The Morgan fingerprint density at radius 2 is 2.00 bits per heavy atom. The highest BCUT2D eigenvalue weighted by atomic mass is 35.5. The molecule has 1 aromatic rings. The second kappa shape index (κ2) is 9.51. The molecule has 0 spiro atoms. The van der Waals surface area contributed by atoms with Crippen molar-refractivity contribution in [3.8, 4) is 5.75 Å². The first-order valence-electron chi connectivity index (χ1n) is 9.07. The van der Waals surface area contributed by atoms with Gasteiger partial charge in [-0.2, -0.15) is 8.78 Å². The number of para-hydroxylation sites is 1. The van der Waals surface area contributed by atoms with Gasteiger partial charge < -0.3 is 15.0 Å². The summed E-state index contributed by atoms with van der Waals surface area (Å²) in [5.41, 5.74) is 0.727. The number of nitrogens with one attached hydrogen (secondary N) is 1. The van der Waals surface area contributed by atoms with E-state index in [2.05, 4.69) is 10.1 Å². The van der Waals surface area contributed by atoms with E-state index >= 15 is 0 Å². The molecule has 146 valence electrons. The number of amides is 1. The Labute approximate surface area is 159 Å². The number of likely N-dealkylation sites (tertiary alicyclic amines) is 1. The zero-order valence-corrected chi connectivity index (χ0v) is 15.8. The van der Waals surface area contributed by atoms with Crippen LogP contribution in [0.3, 0.4) is 0 Å². The third kappa shape index (κ3) is 5.07. The number of hydrogen-bond acceptors (Lipinski definition) is 3. The van der Waals surface area contributed by atoms with Crippen molar-refractivity contribution in [2.24, 2.45) is 11.8 Å². The molecule has 1 N–H and O–H groups in total. The van der Waals surface area contributed by atoms with Crippen LogP contribution in [0.1, 0.15) is 37.2 Å². The molecule has 1 amide bonds. The fourth-order valence-corrected chi connectivity index (χ4v) is 3.83. The van der Waals surface area contributed by atoms with Gasteiger partial charge in [0.05, 0.1) is 0 Å². The van der Waals surface area contributed by atoms with E-state index in [1.807, 2.05) is 11.9 Å². The third-order valence-corrected chi connectivity index (χ3v) is 5.37. The molecule has 0 radical (unpaired) electrons. The number of alkyl halides is 2. The first kappa shape index (κ1) is 20.9. The van der Waals surface area contributed by atoms with E-state index in [9.17, 15) is 13.6 Å². The van der Waals surface area contributed by atoms with Crippen LogP contribution >= 0.6 is 12.4 Å². The van der Waals surface area contributed by atoms with Crippen molar-refractivity contribution in [3.05, 3.63) is 29.8 Å². The Kier molecular flexibility index (Phi) is 7.65. The largest absolute Gasteiger partial charge is 0.435 e. The van der Waals surface area contributed by atoms with Gasteiger partial charge in [0.1, 0.15) is 5.75 Å². The van der Waals surface area contributed by atoms with Gasteiger partial charge >= 0.3 is 6.61 Å². The number of halogens is 3. The predicted octanol–water partition coefficient (Wildman–Crippen LogP) is 3.66. The normalized spacial score (nSPS) is 22.8. The van der Waals surface area contributed by atoms with Gasteiger partial charge in [0.2, 0.25) is 5.91 Å². The van der Waals surface area contributed by atoms with Crippen LogP contribution in [0.15, 0.2) is 24.3 Å². The standard InChI is InChI=1S/C19H26F2N2O2.ClH/c1-22-9-6-13-7-10-23(11-8-13)18(24)16-12-15(16)14-4-2-3-5-17(14)25-19(20)21;/h2-5,13,15-16,19,22H,6-12H2,1H3;1H. The van der Waals surface area contributed by atoms with E-state index in [4.69, 9.17) is 0 Å². The van der Waals surface area contributed by atoms with Crippen molar-refractivity contribution in [3.63, 3.8) is 0 Å². The maximum atomic E-state index is 12.7. The Balaban J connectivity index is 0.00000243. The highest BCUT2D eigenvalue weighted by Crippen LogP contribution is 2.51. The summed E-state index contributed by atoms with van der Waals surface area (Å²) in [7, 11) is 1.96. The van der Waals surface area contributed by atoms with E-state index in [0.29, 0.717) is 5.92 Å². The second-order valence-electron chi connectivity index (χ2n) is 7.03. The molecule has 2 aliphatic rings. The van der Waals surface area contributed by atoms with Gasteiger partial charge in [-0.1, -0.05) is 18.2 Å². The number of rotatable bonds is 7. The minimum atomic E-state index is -2.84. The average molecular weight is 389 g/mol. The van der Waals surface area contributed by atoms with Gasteiger partial charge in [0.15, 0.2) is 0 Å². The molecular formula is C19H27ClF2N2O2. The van der Waals surface area contributed by atoms with Crippen molar-refractivity contribution >= 4 is 18.3 Å². The van der Waals surface area contributed by atoms with Gasteiger partial charge in [-0.15, -0.1) is 12.4 Å². The summed E-state index contributed by atoms with van der Waals surface area (Å²) in [5.74, 6) is 0.972. The fourth-order valence-electron chi connectivity index (χ4n) is 3.83. The molecule has 1 saturated heterocycles. The molecule has 2 atom stereocenters. The molecule has 0 aromatic heterocycles. The molecule has 0 bridgehead atoms. The summed E-state index contributed by atoms with van der Waals surface area (Å²) in [6.07, 6.45) is 3.98. The zero-order chi connectivity index (χ0) is 17.8. The van der Waals surface area contributed by atoms with Gasteiger partial charge in [-0.05, 0) is 62.7 Å². The molecule has 1 aliphatic heterocycles. The Hall–Kier alpha value is -1.40. The highest BCUT2D eigenvalue weighted by molar-refractivity contribution is 5.85. The lowest BCUT2D eigenvalue weighted by Gasteiger charge is -2.32. The minimum Gasteiger partial charge on any atom is -0.435 e. The predicted molar refractivity (Wildman–Crippen MR) is 99.0 cm³/mol. The minimum absolute atomic E-state index is 0. The first-order chi connectivity index (χ1) is 12.1. The van der Waals surface area contributed by atoms with Crippen LogP contribution in [0.2, 0.25) is 0 Å². The van der Waals surface area contributed by atoms with Crippen molar-refractivity contribution in [1.29, 1.82) is 0 Å². The molecule has 2 unspecified atom stereocenters. The molecule has 2 fully saturated rings. The number of benzene rings is 1. The average Bonchev–Trinajstić information content (AvgIpc) is 3.40. The number of carbonyl (C=O) groups excluding carboxylic acids is 1. The van der Waals surface area contributed by atoms with Crippen molar-refractivity contribution in [1.82, 2.24) is 10.2 Å². The number of nitrogens with zero attached hydrogens (tertiary/aromatic N) is 1. The highest BCUT2D eigenvalue weighted by Gasteiger charge is 2.47. The zero-order valence-electron chi connectivity index (χ0n) is 15.0. The van der Waals surface area contributed by atoms with E-state index in [1.165, 1.54) is 0 Å². The van der Waals surface area contributed by atoms with E-state index in [1.54, 1.807) is 24.3 Å². The molecule has 26 heavy (non-hydrogen) atoms. The third-order valence-electron chi connectivity index (χ3n) is 5.37. The van der Waals surface area contributed by atoms with Crippen LogP contribution in [-0.4, -0.2) is 44.1 Å². The molecule has 4 nitrogen and oxygen atoms in total. The van der Waals surface area contributed by atoms with Crippen LogP contribution in [0.4, 0.5) is 8.78 Å². The van der Waals surface area contributed by atoms with Gasteiger partial charge in [0, 0.05) is 19.0 Å². The number of carbonyl (C=O) groups is 1. The Morgan fingerprint density at radius 3 is 2.65 bits per heavy atom. The summed E-state index contributed by atoms with van der Waals surface area (Å²) in [6, 6.07) is 6.82. The van der Waals surface area contributed by atoms with Crippen LogP contribution in [0.25, 0.3) is 0 Å². The lowest BCUT2D eigenvalue weighted by atomic mass is 9.93. The van der Waals surface area contributed by atoms with Gasteiger partial charge in [-0.25, -0.2) is 0 Å². The van der Waals surface area contributed by atoms with Crippen LogP contribution < -0.4 is 10.1 Å². The van der Waals surface area contributed by atoms with Crippen molar-refractivity contribution in [2.75, 3.05) is 26.7 Å². The second-order valence-corrected chi connectivity index (χ2v) is 7.03. The Bertz CT molecular complexity index is 595. The Morgan fingerprint density at radius 1 is 1.31 bits per heavy atom. The monoisotopic (exact) mass is 388 g/mol. The fraction of sp³-hybridized carbons (Fsp3) is 0.632. The summed E-state index contributed by atoms with van der Waals surface area (Å²) < 4.78 is 29.7. The number of hydrogen-bond donors (Lipinski definition) is 1. The quantitative estimate of drug-likeness (QED) is 0.775. The molecule has 7 heteroatoms. The lowest BCUT2D eigenvalue weighted by molar-refractivity contribution is -0.134. The van der Waals surface area contributed by atoms with E-state index in [0.717, 1.165) is 50.9 Å². The molecule has 1 aliphatic carbocycles. The maximum Gasteiger partial charge on any atom is 0.387 e. The number of piperidine rings is 1. The van der Waals surface area contributed by atoms with Crippen molar-refractivity contribution < 1.29 is 18.3 Å². The number of ether oxygens (including phenoxy) is 1. The van der Waals surface area contributed by atoms with Crippen LogP contribution in [-0.2, 0) is 4.79 Å². The summed E-state index contributed by atoms with van der Waals surface area (Å²) in [4.78, 5) is 14.7. The van der Waals surface area contributed by atoms with Gasteiger partial charge in [-0.3, -0.25) is 4.79 Å².